The highest BCUT2D eigenvalue weighted by molar-refractivity contribution is 5.89. The standard InChI is InChI=1S/C24H28N2O4/c1-15(24-11-16-8-17(12-24)10-18(9-16)13-24)25-21(27)14-29-23(28)7-6-22-26-19-4-2-3-5-20(19)30-22/h2-7,15-18H,8-14H2,1H3,(H,25,27)/b7-6+/t15-,16?,17?,18?,24?/m0/s1. The van der Waals surface area contributed by atoms with Crippen LogP contribution in [0.3, 0.4) is 0 Å². The summed E-state index contributed by atoms with van der Waals surface area (Å²) in [5.41, 5.74) is 1.62. The van der Waals surface area contributed by atoms with Gasteiger partial charge >= 0.3 is 5.97 Å². The highest BCUT2D eigenvalue weighted by Gasteiger charge is 2.53. The lowest BCUT2D eigenvalue weighted by Crippen LogP contribution is -2.56. The molecule has 1 aromatic carbocycles. The van der Waals surface area contributed by atoms with E-state index in [1.807, 2.05) is 24.3 Å². The van der Waals surface area contributed by atoms with E-state index in [1.165, 1.54) is 50.7 Å². The number of nitrogens with one attached hydrogen (secondary N) is 1. The summed E-state index contributed by atoms with van der Waals surface area (Å²) in [6, 6.07) is 7.50. The molecule has 1 amide bonds. The van der Waals surface area contributed by atoms with Gasteiger partial charge in [0.25, 0.3) is 5.91 Å². The molecule has 6 heteroatoms. The predicted molar refractivity (Wildman–Crippen MR) is 112 cm³/mol. The fraction of sp³-hybridized carbons (Fsp3) is 0.542. The summed E-state index contributed by atoms with van der Waals surface area (Å²) in [4.78, 5) is 28.7. The molecule has 1 atom stereocenters. The molecule has 4 fully saturated rings. The molecule has 6 rings (SSSR count). The molecule has 4 bridgehead atoms. The number of fused-ring (bicyclic) bond motifs is 1. The normalized spacial score (nSPS) is 30.6. The van der Waals surface area contributed by atoms with E-state index in [9.17, 15) is 9.59 Å². The number of hydrogen-bond acceptors (Lipinski definition) is 5. The molecule has 30 heavy (non-hydrogen) atoms. The van der Waals surface area contributed by atoms with Crippen LogP contribution in [0.25, 0.3) is 17.2 Å². The van der Waals surface area contributed by atoms with Crippen LogP contribution >= 0.6 is 0 Å². The van der Waals surface area contributed by atoms with Crippen LogP contribution in [0, 0.1) is 23.2 Å². The smallest absolute Gasteiger partial charge is 0.331 e. The number of nitrogens with zero attached hydrogens (tertiary/aromatic N) is 1. The summed E-state index contributed by atoms with van der Waals surface area (Å²) >= 11 is 0. The van der Waals surface area contributed by atoms with E-state index in [1.54, 1.807) is 0 Å². The van der Waals surface area contributed by atoms with Gasteiger partial charge in [-0.25, -0.2) is 9.78 Å². The number of benzene rings is 1. The van der Waals surface area contributed by atoms with Crippen LogP contribution in [0.5, 0.6) is 0 Å². The average Bonchev–Trinajstić information content (AvgIpc) is 3.13. The molecular weight excluding hydrogens is 380 g/mol. The van der Waals surface area contributed by atoms with Gasteiger partial charge in [-0.3, -0.25) is 4.79 Å². The molecule has 1 aromatic heterocycles. The second-order valence-corrected chi connectivity index (χ2v) is 9.53. The Hall–Kier alpha value is -2.63. The lowest BCUT2D eigenvalue weighted by molar-refractivity contribution is -0.145. The number of oxazole rings is 1. The Labute approximate surface area is 176 Å². The first-order valence-corrected chi connectivity index (χ1v) is 11.0. The van der Waals surface area contributed by atoms with Crippen molar-refractivity contribution in [1.29, 1.82) is 0 Å². The Bertz CT molecular complexity index is 924. The van der Waals surface area contributed by atoms with E-state index in [4.69, 9.17) is 9.15 Å². The summed E-state index contributed by atoms with van der Waals surface area (Å²) in [7, 11) is 0. The van der Waals surface area contributed by atoms with Crippen LogP contribution in [0.15, 0.2) is 34.8 Å². The molecule has 4 aliphatic rings. The summed E-state index contributed by atoms with van der Waals surface area (Å²) in [5.74, 6) is 2.02. The predicted octanol–water partition coefficient (Wildman–Crippen LogP) is 4.11. The van der Waals surface area contributed by atoms with Gasteiger partial charge < -0.3 is 14.5 Å². The van der Waals surface area contributed by atoms with Crippen LogP contribution < -0.4 is 5.32 Å². The third kappa shape index (κ3) is 3.75. The van der Waals surface area contributed by atoms with Crippen molar-refractivity contribution in [3.8, 4) is 0 Å². The molecule has 0 spiro atoms. The average molecular weight is 408 g/mol. The summed E-state index contributed by atoms with van der Waals surface area (Å²) in [5, 5.41) is 3.11. The number of aromatic nitrogens is 1. The molecule has 2 aromatic rings. The van der Waals surface area contributed by atoms with Crippen molar-refractivity contribution in [3.05, 3.63) is 36.2 Å². The van der Waals surface area contributed by atoms with E-state index in [0.29, 0.717) is 11.5 Å². The molecule has 4 saturated carbocycles. The third-order valence-electron chi connectivity index (χ3n) is 7.40. The van der Waals surface area contributed by atoms with Gasteiger partial charge in [0.1, 0.15) is 5.52 Å². The molecule has 6 nitrogen and oxygen atoms in total. The molecule has 158 valence electrons. The Morgan fingerprint density at radius 2 is 1.87 bits per heavy atom. The van der Waals surface area contributed by atoms with E-state index in [-0.39, 0.29) is 24.0 Å². The van der Waals surface area contributed by atoms with Crippen molar-refractivity contribution in [2.45, 2.75) is 51.5 Å². The van der Waals surface area contributed by atoms with E-state index in [2.05, 4.69) is 17.2 Å². The van der Waals surface area contributed by atoms with Crippen LogP contribution in [0.2, 0.25) is 0 Å². The second kappa shape index (κ2) is 7.56. The minimum absolute atomic E-state index is 0.118. The fourth-order valence-corrected chi connectivity index (χ4v) is 6.43. The Morgan fingerprint density at radius 1 is 1.20 bits per heavy atom. The van der Waals surface area contributed by atoms with E-state index < -0.39 is 5.97 Å². The fourth-order valence-electron chi connectivity index (χ4n) is 6.43. The summed E-state index contributed by atoms with van der Waals surface area (Å²) in [6.07, 6.45) is 10.5. The number of carbonyl (C=O) groups excluding carboxylic acids is 2. The number of ether oxygens (including phenoxy) is 1. The molecule has 0 aliphatic heterocycles. The quantitative estimate of drug-likeness (QED) is 0.575. The highest BCUT2D eigenvalue weighted by Crippen LogP contribution is 2.61. The largest absolute Gasteiger partial charge is 0.452 e. The number of hydrogen-bond donors (Lipinski definition) is 1. The van der Waals surface area contributed by atoms with Gasteiger partial charge in [-0.1, -0.05) is 12.1 Å². The topological polar surface area (TPSA) is 81.4 Å². The Kier molecular flexibility index (Phi) is 4.88. The van der Waals surface area contributed by atoms with Gasteiger partial charge in [-0.05, 0) is 80.8 Å². The molecule has 0 radical (unpaired) electrons. The van der Waals surface area contributed by atoms with Crippen LogP contribution in [0.1, 0.15) is 51.3 Å². The van der Waals surface area contributed by atoms with Gasteiger partial charge in [0.15, 0.2) is 12.2 Å². The number of carbonyl (C=O) groups is 2. The number of rotatable bonds is 6. The zero-order valence-corrected chi connectivity index (χ0v) is 17.3. The van der Waals surface area contributed by atoms with Crippen LogP contribution in [0.4, 0.5) is 0 Å². The number of esters is 1. The first-order valence-electron chi connectivity index (χ1n) is 11.0. The maximum absolute atomic E-state index is 12.4. The number of para-hydroxylation sites is 2. The minimum Gasteiger partial charge on any atom is -0.452 e. The van der Waals surface area contributed by atoms with Gasteiger partial charge in [-0.15, -0.1) is 0 Å². The minimum atomic E-state index is -0.588. The Morgan fingerprint density at radius 3 is 2.53 bits per heavy atom. The van der Waals surface area contributed by atoms with Gasteiger partial charge in [-0.2, -0.15) is 0 Å². The van der Waals surface area contributed by atoms with E-state index >= 15 is 0 Å². The molecular formula is C24H28N2O4. The monoisotopic (exact) mass is 408 g/mol. The first kappa shape index (κ1) is 19.3. The highest BCUT2D eigenvalue weighted by atomic mass is 16.5. The zero-order valence-electron chi connectivity index (χ0n) is 17.3. The lowest BCUT2D eigenvalue weighted by atomic mass is 9.48. The molecule has 1 heterocycles. The first-order chi connectivity index (χ1) is 14.5. The lowest BCUT2D eigenvalue weighted by Gasteiger charge is -2.59. The second-order valence-electron chi connectivity index (χ2n) is 9.53. The maximum atomic E-state index is 12.4. The molecule has 4 aliphatic carbocycles. The van der Waals surface area contributed by atoms with Crippen molar-refractivity contribution in [3.63, 3.8) is 0 Å². The molecule has 0 saturated heterocycles. The van der Waals surface area contributed by atoms with Gasteiger partial charge in [0.2, 0.25) is 5.89 Å². The third-order valence-corrected chi connectivity index (χ3v) is 7.40. The molecule has 1 N–H and O–H groups in total. The maximum Gasteiger partial charge on any atom is 0.331 e. The van der Waals surface area contributed by atoms with Crippen molar-refractivity contribution in [1.82, 2.24) is 10.3 Å². The van der Waals surface area contributed by atoms with Gasteiger partial charge in [0, 0.05) is 18.2 Å². The van der Waals surface area contributed by atoms with Crippen molar-refractivity contribution >= 4 is 29.1 Å². The number of amides is 1. The SMILES string of the molecule is C[C@H](NC(=O)COC(=O)/C=C/c1nc2ccccc2o1)C12CC3CC(CC(C3)C1)C2. The Balaban J connectivity index is 1.12. The summed E-state index contributed by atoms with van der Waals surface area (Å²) < 4.78 is 10.6. The van der Waals surface area contributed by atoms with Crippen molar-refractivity contribution in [2.24, 2.45) is 23.2 Å². The van der Waals surface area contributed by atoms with Gasteiger partial charge in [0.05, 0.1) is 0 Å². The zero-order chi connectivity index (χ0) is 20.7. The molecule has 0 unspecified atom stereocenters. The summed E-state index contributed by atoms with van der Waals surface area (Å²) in [6.45, 7) is 1.85. The van der Waals surface area contributed by atoms with E-state index in [0.717, 1.165) is 23.3 Å². The van der Waals surface area contributed by atoms with Crippen LogP contribution in [-0.2, 0) is 14.3 Å². The van der Waals surface area contributed by atoms with Crippen molar-refractivity contribution < 1.29 is 18.7 Å². The van der Waals surface area contributed by atoms with Crippen LogP contribution in [-0.4, -0.2) is 29.5 Å². The van der Waals surface area contributed by atoms with Crippen molar-refractivity contribution in [2.75, 3.05) is 6.61 Å².